The first-order valence-electron chi connectivity index (χ1n) is 6.84. The Balaban J connectivity index is 1.70. The van der Waals surface area contributed by atoms with E-state index in [2.05, 4.69) is 0 Å². The second-order valence-corrected chi connectivity index (χ2v) is 8.45. The number of aliphatic hydroxyl groups excluding tert-OH is 1. The molecule has 1 spiro atoms. The molecule has 0 amide bonds. The smallest absolute Gasteiger partial charge is 0.0932 e. The highest BCUT2D eigenvalue weighted by molar-refractivity contribution is 7.99. The van der Waals surface area contributed by atoms with E-state index in [9.17, 15) is 5.11 Å². The van der Waals surface area contributed by atoms with Crippen LogP contribution < -0.4 is 0 Å². The van der Waals surface area contributed by atoms with Crippen molar-refractivity contribution in [3.8, 4) is 0 Å². The van der Waals surface area contributed by atoms with Crippen molar-refractivity contribution in [2.75, 3.05) is 18.1 Å². The fraction of sp³-hybridized carbons (Fsp3) is 0.714. The number of thioether (sulfide) groups is 1. The van der Waals surface area contributed by atoms with E-state index >= 15 is 0 Å². The highest BCUT2D eigenvalue weighted by Crippen LogP contribution is 2.44. The Bertz CT molecular complexity index is 423. The van der Waals surface area contributed by atoms with Gasteiger partial charge in [0, 0.05) is 11.5 Å². The molecule has 1 aromatic heterocycles. The summed E-state index contributed by atoms with van der Waals surface area (Å²) < 4.78 is 6.84. The molecule has 2 fully saturated rings. The molecule has 0 saturated carbocycles. The molecule has 1 aromatic rings. The van der Waals surface area contributed by atoms with Crippen molar-refractivity contribution < 1.29 is 9.84 Å². The van der Waals surface area contributed by atoms with Crippen LogP contribution >= 0.6 is 34.7 Å². The van der Waals surface area contributed by atoms with Crippen molar-refractivity contribution in [3.05, 3.63) is 21.3 Å². The van der Waals surface area contributed by atoms with Crippen LogP contribution in [0.3, 0.4) is 0 Å². The predicted molar refractivity (Wildman–Crippen MR) is 82.3 cm³/mol. The summed E-state index contributed by atoms with van der Waals surface area (Å²) in [4.78, 5) is 0.997. The highest BCUT2D eigenvalue weighted by Gasteiger charge is 2.41. The largest absolute Gasteiger partial charge is 0.387 e. The van der Waals surface area contributed by atoms with Gasteiger partial charge >= 0.3 is 0 Å². The summed E-state index contributed by atoms with van der Waals surface area (Å²) in [5.74, 6) is 2.69. The van der Waals surface area contributed by atoms with Gasteiger partial charge in [-0.05, 0) is 55.2 Å². The normalized spacial score (nSPS) is 28.4. The molecule has 2 nitrogen and oxygen atoms in total. The Morgan fingerprint density at radius 2 is 2.16 bits per heavy atom. The molecule has 0 aromatic carbocycles. The lowest BCUT2D eigenvalue weighted by atomic mass is 9.79. The zero-order valence-electron chi connectivity index (χ0n) is 10.8. The van der Waals surface area contributed by atoms with Gasteiger partial charge in [-0.3, -0.25) is 0 Å². The lowest BCUT2D eigenvalue weighted by Gasteiger charge is -2.44. The maximum absolute atomic E-state index is 10.6. The Kier molecular flexibility index (Phi) is 4.44. The zero-order chi connectivity index (χ0) is 13.3. The van der Waals surface area contributed by atoms with Crippen molar-refractivity contribution >= 4 is 34.7 Å². The van der Waals surface area contributed by atoms with Gasteiger partial charge in [0.25, 0.3) is 0 Å². The van der Waals surface area contributed by atoms with Crippen molar-refractivity contribution in [1.29, 1.82) is 0 Å². The summed E-state index contributed by atoms with van der Waals surface area (Å²) in [6.45, 7) is 0.783. The molecule has 2 unspecified atom stereocenters. The quantitative estimate of drug-likeness (QED) is 0.889. The van der Waals surface area contributed by atoms with E-state index in [0.717, 1.165) is 41.5 Å². The second-order valence-electron chi connectivity index (χ2n) is 5.48. The molecule has 3 rings (SSSR count). The molecule has 3 heterocycles. The number of ether oxygens (including phenoxy) is 1. The van der Waals surface area contributed by atoms with Gasteiger partial charge in [0.15, 0.2) is 0 Å². The van der Waals surface area contributed by atoms with Crippen LogP contribution in [0.4, 0.5) is 0 Å². The average Bonchev–Trinajstić information content (AvgIpc) is 2.85. The van der Waals surface area contributed by atoms with Gasteiger partial charge in [0.05, 0.1) is 16.0 Å². The average molecular weight is 319 g/mol. The Morgan fingerprint density at radius 3 is 2.84 bits per heavy atom. The van der Waals surface area contributed by atoms with E-state index in [0.29, 0.717) is 5.92 Å². The number of rotatable bonds is 2. The number of aliphatic hydroxyl groups is 1. The standard InChI is InChI=1S/C14H19ClO2S2/c15-12-2-1-11(19-12)13(16)10-3-6-17-14(9-10)4-7-18-8-5-14/h1-2,10,13,16H,3-9H2. The predicted octanol–water partition coefficient (Wildman–Crippen LogP) is 4.13. The van der Waals surface area contributed by atoms with E-state index in [1.807, 2.05) is 23.9 Å². The molecule has 2 saturated heterocycles. The fourth-order valence-electron chi connectivity index (χ4n) is 3.15. The molecule has 2 aliphatic rings. The minimum Gasteiger partial charge on any atom is -0.387 e. The Morgan fingerprint density at radius 1 is 1.37 bits per heavy atom. The van der Waals surface area contributed by atoms with Gasteiger partial charge in [-0.25, -0.2) is 0 Å². The first kappa shape index (κ1) is 14.2. The molecular weight excluding hydrogens is 300 g/mol. The van der Waals surface area contributed by atoms with Crippen LogP contribution in [-0.4, -0.2) is 28.8 Å². The van der Waals surface area contributed by atoms with E-state index in [4.69, 9.17) is 16.3 Å². The lowest BCUT2D eigenvalue weighted by molar-refractivity contribution is -0.120. The van der Waals surface area contributed by atoms with E-state index in [1.165, 1.54) is 22.8 Å². The van der Waals surface area contributed by atoms with Gasteiger partial charge in [-0.2, -0.15) is 11.8 Å². The molecule has 2 aliphatic heterocycles. The van der Waals surface area contributed by atoms with Crippen molar-refractivity contribution in [2.45, 2.75) is 37.4 Å². The van der Waals surface area contributed by atoms with Crippen LogP contribution in [0.5, 0.6) is 0 Å². The minimum atomic E-state index is -0.382. The van der Waals surface area contributed by atoms with Crippen LogP contribution in [0.1, 0.15) is 36.7 Å². The second kappa shape index (κ2) is 5.94. The summed E-state index contributed by atoms with van der Waals surface area (Å²) in [7, 11) is 0. The summed E-state index contributed by atoms with van der Waals surface area (Å²) in [5, 5.41) is 10.6. The van der Waals surface area contributed by atoms with Gasteiger partial charge < -0.3 is 9.84 Å². The van der Waals surface area contributed by atoms with E-state index in [1.54, 1.807) is 0 Å². The minimum absolute atomic E-state index is 0.0379. The third-order valence-electron chi connectivity index (χ3n) is 4.27. The third kappa shape index (κ3) is 3.13. The van der Waals surface area contributed by atoms with E-state index < -0.39 is 0 Å². The molecule has 1 N–H and O–H groups in total. The summed E-state index contributed by atoms with van der Waals surface area (Å²) in [5.41, 5.74) is 0.0379. The number of hydrogen-bond donors (Lipinski definition) is 1. The van der Waals surface area contributed by atoms with Crippen molar-refractivity contribution in [1.82, 2.24) is 0 Å². The van der Waals surface area contributed by atoms with Gasteiger partial charge in [0.1, 0.15) is 0 Å². The maximum Gasteiger partial charge on any atom is 0.0932 e. The van der Waals surface area contributed by atoms with Crippen LogP contribution in [0.2, 0.25) is 4.34 Å². The lowest BCUT2D eigenvalue weighted by Crippen LogP contribution is -2.44. The van der Waals surface area contributed by atoms with Crippen LogP contribution in [0.15, 0.2) is 12.1 Å². The van der Waals surface area contributed by atoms with Crippen LogP contribution in [0.25, 0.3) is 0 Å². The number of halogens is 1. The number of thiophene rings is 1. The highest BCUT2D eigenvalue weighted by atomic mass is 35.5. The van der Waals surface area contributed by atoms with Crippen molar-refractivity contribution in [3.63, 3.8) is 0 Å². The topological polar surface area (TPSA) is 29.5 Å². The summed E-state index contributed by atoms with van der Waals surface area (Å²) in [6.07, 6.45) is 3.82. The molecule has 106 valence electrons. The Labute approximate surface area is 127 Å². The third-order valence-corrected chi connectivity index (χ3v) is 6.55. The van der Waals surface area contributed by atoms with Gasteiger partial charge in [-0.1, -0.05) is 11.6 Å². The Hall–Kier alpha value is 0.260. The van der Waals surface area contributed by atoms with Crippen LogP contribution in [0, 0.1) is 5.92 Å². The molecular formula is C14H19ClO2S2. The van der Waals surface area contributed by atoms with Crippen LogP contribution in [-0.2, 0) is 4.74 Å². The molecule has 0 aliphatic carbocycles. The first-order chi connectivity index (χ1) is 9.19. The molecule has 2 atom stereocenters. The monoisotopic (exact) mass is 318 g/mol. The summed E-state index contributed by atoms with van der Waals surface area (Å²) >= 11 is 9.47. The summed E-state index contributed by atoms with van der Waals surface area (Å²) in [6, 6.07) is 3.83. The van der Waals surface area contributed by atoms with E-state index in [-0.39, 0.29) is 11.7 Å². The van der Waals surface area contributed by atoms with Gasteiger partial charge in [0.2, 0.25) is 0 Å². The van der Waals surface area contributed by atoms with Gasteiger partial charge in [-0.15, -0.1) is 11.3 Å². The fourth-order valence-corrected chi connectivity index (χ4v) is 5.52. The molecule has 0 radical (unpaired) electrons. The maximum atomic E-state index is 10.6. The molecule has 5 heteroatoms. The SMILES string of the molecule is OC(c1ccc(Cl)s1)C1CCOC2(CCSCC2)C1. The zero-order valence-corrected chi connectivity index (χ0v) is 13.2. The molecule has 0 bridgehead atoms. The first-order valence-corrected chi connectivity index (χ1v) is 9.18. The van der Waals surface area contributed by atoms with Crippen molar-refractivity contribution in [2.24, 2.45) is 5.92 Å². The molecule has 19 heavy (non-hydrogen) atoms. The number of hydrogen-bond acceptors (Lipinski definition) is 4.